The van der Waals surface area contributed by atoms with Crippen LogP contribution in [0.4, 0.5) is 0 Å². The summed E-state index contributed by atoms with van der Waals surface area (Å²) in [5.41, 5.74) is 0.780. The molecule has 108 valence electrons. The molecule has 0 heterocycles. The van der Waals surface area contributed by atoms with Crippen LogP contribution in [0.2, 0.25) is 5.02 Å². The first-order valence-corrected chi connectivity index (χ1v) is 6.81. The van der Waals surface area contributed by atoms with Gasteiger partial charge in [-0.1, -0.05) is 29.8 Å². The third kappa shape index (κ3) is 6.38. The number of nitrogens with one attached hydrogen (secondary N) is 1. The fourth-order valence-electron chi connectivity index (χ4n) is 1.70. The molecule has 0 bridgehead atoms. The lowest BCUT2D eigenvalue weighted by Gasteiger charge is -2.11. The SMILES string of the molecule is CC(CCCC(=O)O)NC(=O)/C=C/c1ccccc1Cl. The molecule has 0 fully saturated rings. The van der Waals surface area contributed by atoms with Gasteiger partial charge in [0.05, 0.1) is 0 Å². The zero-order valence-corrected chi connectivity index (χ0v) is 12.1. The molecule has 1 atom stereocenters. The minimum atomic E-state index is -0.817. The lowest BCUT2D eigenvalue weighted by Crippen LogP contribution is -2.31. The Hall–Kier alpha value is -1.81. The molecule has 0 saturated carbocycles. The molecular formula is C15H18ClNO3. The molecule has 1 aromatic rings. The van der Waals surface area contributed by atoms with Crippen LogP contribution >= 0.6 is 11.6 Å². The molecule has 0 aliphatic heterocycles. The average Bonchev–Trinajstić information content (AvgIpc) is 2.37. The second kappa shape index (κ2) is 8.38. The van der Waals surface area contributed by atoms with E-state index < -0.39 is 5.97 Å². The van der Waals surface area contributed by atoms with Crippen LogP contribution in [0.3, 0.4) is 0 Å². The van der Waals surface area contributed by atoms with Crippen molar-refractivity contribution in [3.05, 3.63) is 40.9 Å². The van der Waals surface area contributed by atoms with Gasteiger partial charge in [0, 0.05) is 23.6 Å². The molecule has 1 aromatic carbocycles. The van der Waals surface area contributed by atoms with Crippen molar-refractivity contribution in [1.82, 2.24) is 5.32 Å². The topological polar surface area (TPSA) is 66.4 Å². The molecule has 1 amide bonds. The molecule has 4 nitrogen and oxygen atoms in total. The van der Waals surface area contributed by atoms with E-state index in [9.17, 15) is 9.59 Å². The van der Waals surface area contributed by atoms with Crippen LogP contribution in [0.1, 0.15) is 31.7 Å². The van der Waals surface area contributed by atoms with Crippen LogP contribution in [0.25, 0.3) is 6.08 Å². The van der Waals surface area contributed by atoms with Gasteiger partial charge in [-0.05, 0) is 37.5 Å². The number of hydrogen-bond acceptors (Lipinski definition) is 2. The quantitative estimate of drug-likeness (QED) is 0.760. The zero-order valence-electron chi connectivity index (χ0n) is 11.3. The lowest BCUT2D eigenvalue weighted by molar-refractivity contribution is -0.137. The maximum atomic E-state index is 11.7. The van der Waals surface area contributed by atoms with E-state index in [1.54, 1.807) is 12.1 Å². The van der Waals surface area contributed by atoms with Gasteiger partial charge in [0.15, 0.2) is 0 Å². The summed E-state index contributed by atoms with van der Waals surface area (Å²) in [5, 5.41) is 11.9. The fraction of sp³-hybridized carbons (Fsp3) is 0.333. The van der Waals surface area contributed by atoms with E-state index in [1.807, 2.05) is 25.1 Å². The van der Waals surface area contributed by atoms with E-state index in [4.69, 9.17) is 16.7 Å². The van der Waals surface area contributed by atoms with Crippen molar-refractivity contribution in [2.24, 2.45) is 0 Å². The van der Waals surface area contributed by atoms with E-state index in [1.165, 1.54) is 6.08 Å². The van der Waals surface area contributed by atoms with Gasteiger partial charge < -0.3 is 10.4 Å². The molecule has 0 aliphatic carbocycles. The minimum absolute atomic E-state index is 0.0576. The second-order valence-corrected chi connectivity index (χ2v) is 4.96. The molecule has 0 spiro atoms. The number of benzene rings is 1. The average molecular weight is 296 g/mol. The van der Waals surface area contributed by atoms with Crippen molar-refractivity contribution < 1.29 is 14.7 Å². The summed E-state index contributed by atoms with van der Waals surface area (Å²) in [7, 11) is 0. The Kier molecular flexibility index (Phi) is 6.81. The summed E-state index contributed by atoms with van der Waals surface area (Å²) in [6.45, 7) is 1.85. The van der Waals surface area contributed by atoms with Crippen LogP contribution in [0.5, 0.6) is 0 Å². The van der Waals surface area contributed by atoms with Gasteiger partial charge in [0.2, 0.25) is 5.91 Å². The summed E-state index contributed by atoms with van der Waals surface area (Å²) in [5.74, 6) is -1.03. The standard InChI is InChI=1S/C15H18ClNO3/c1-11(5-4-8-15(19)20)17-14(18)10-9-12-6-2-3-7-13(12)16/h2-3,6-7,9-11H,4-5,8H2,1H3,(H,17,18)(H,19,20)/b10-9+. The number of carboxylic acids is 1. The zero-order chi connectivity index (χ0) is 15.0. The molecule has 20 heavy (non-hydrogen) atoms. The van der Waals surface area contributed by atoms with Crippen LogP contribution in [0, 0.1) is 0 Å². The number of hydrogen-bond donors (Lipinski definition) is 2. The van der Waals surface area contributed by atoms with Crippen molar-refractivity contribution in [3.8, 4) is 0 Å². The first-order chi connectivity index (χ1) is 9.49. The predicted octanol–water partition coefficient (Wildman–Crippen LogP) is 3.11. The summed E-state index contributed by atoms with van der Waals surface area (Å²) >= 11 is 5.97. The van der Waals surface area contributed by atoms with Gasteiger partial charge in [-0.25, -0.2) is 0 Å². The summed E-state index contributed by atoms with van der Waals surface area (Å²) in [4.78, 5) is 22.1. The lowest BCUT2D eigenvalue weighted by atomic mass is 10.1. The second-order valence-electron chi connectivity index (χ2n) is 4.55. The van der Waals surface area contributed by atoms with Gasteiger partial charge in [-0.3, -0.25) is 9.59 Å². The molecule has 0 radical (unpaired) electrons. The number of rotatable bonds is 7. The molecule has 5 heteroatoms. The van der Waals surface area contributed by atoms with Crippen molar-refractivity contribution in [2.75, 3.05) is 0 Å². The Morgan fingerprint density at radius 3 is 2.75 bits per heavy atom. The van der Waals surface area contributed by atoms with Crippen molar-refractivity contribution in [2.45, 2.75) is 32.2 Å². The number of carboxylic acid groups (broad SMARTS) is 1. The van der Waals surface area contributed by atoms with Crippen molar-refractivity contribution in [3.63, 3.8) is 0 Å². The van der Waals surface area contributed by atoms with Gasteiger partial charge in [0.1, 0.15) is 0 Å². The highest BCUT2D eigenvalue weighted by Crippen LogP contribution is 2.16. The molecular weight excluding hydrogens is 278 g/mol. The van der Waals surface area contributed by atoms with E-state index in [0.29, 0.717) is 17.9 Å². The maximum absolute atomic E-state index is 11.7. The predicted molar refractivity (Wildman–Crippen MR) is 79.6 cm³/mol. The highest BCUT2D eigenvalue weighted by atomic mass is 35.5. The first-order valence-electron chi connectivity index (χ1n) is 6.44. The van der Waals surface area contributed by atoms with E-state index in [-0.39, 0.29) is 18.4 Å². The number of carbonyl (C=O) groups is 2. The van der Waals surface area contributed by atoms with Crippen molar-refractivity contribution in [1.29, 1.82) is 0 Å². The summed E-state index contributed by atoms with van der Waals surface area (Å²) in [6.07, 6.45) is 4.38. The molecule has 0 saturated heterocycles. The fourth-order valence-corrected chi connectivity index (χ4v) is 1.90. The Morgan fingerprint density at radius 2 is 2.10 bits per heavy atom. The smallest absolute Gasteiger partial charge is 0.303 e. The van der Waals surface area contributed by atoms with E-state index in [2.05, 4.69) is 5.32 Å². The largest absolute Gasteiger partial charge is 0.481 e. The molecule has 1 unspecified atom stereocenters. The Morgan fingerprint density at radius 1 is 1.40 bits per heavy atom. The maximum Gasteiger partial charge on any atom is 0.303 e. The van der Waals surface area contributed by atoms with Gasteiger partial charge in [-0.15, -0.1) is 0 Å². The monoisotopic (exact) mass is 295 g/mol. The van der Waals surface area contributed by atoms with Gasteiger partial charge >= 0.3 is 5.97 Å². The molecule has 1 rings (SSSR count). The van der Waals surface area contributed by atoms with Crippen LogP contribution in [-0.2, 0) is 9.59 Å². The highest BCUT2D eigenvalue weighted by molar-refractivity contribution is 6.32. The third-order valence-corrected chi connectivity index (χ3v) is 3.08. The molecule has 2 N–H and O–H groups in total. The van der Waals surface area contributed by atoms with Crippen molar-refractivity contribution >= 4 is 29.6 Å². The molecule has 0 aliphatic rings. The van der Waals surface area contributed by atoms with Gasteiger partial charge in [-0.2, -0.15) is 0 Å². The normalized spacial score (nSPS) is 12.3. The van der Waals surface area contributed by atoms with Gasteiger partial charge in [0.25, 0.3) is 0 Å². The van der Waals surface area contributed by atoms with Crippen LogP contribution in [0.15, 0.2) is 30.3 Å². The Balaban J connectivity index is 2.39. The summed E-state index contributed by atoms with van der Waals surface area (Å²) in [6, 6.07) is 7.19. The third-order valence-electron chi connectivity index (χ3n) is 2.74. The van der Waals surface area contributed by atoms with E-state index >= 15 is 0 Å². The highest BCUT2D eigenvalue weighted by Gasteiger charge is 2.06. The Bertz CT molecular complexity index is 500. The molecule has 0 aromatic heterocycles. The van der Waals surface area contributed by atoms with Crippen LogP contribution < -0.4 is 5.32 Å². The number of amides is 1. The number of carbonyl (C=O) groups excluding carboxylic acids is 1. The summed E-state index contributed by atoms with van der Waals surface area (Å²) < 4.78 is 0. The van der Waals surface area contributed by atoms with Crippen LogP contribution in [-0.4, -0.2) is 23.0 Å². The first kappa shape index (κ1) is 16.2. The Labute approximate surface area is 123 Å². The minimum Gasteiger partial charge on any atom is -0.481 e. The number of halogens is 1. The number of aliphatic carboxylic acids is 1. The van der Waals surface area contributed by atoms with E-state index in [0.717, 1.165) is 5.56 Å².